The van der Waals surface area contributed by atoms with Gasteiger partial charge in [0.2, 0.25) is 0 Å². The third kappa shape index (κ3) is 2.55. The van der Waals surface area contributed by atoms with Crippen molar-refractivity contribution in [3.05, 3.63) is 59.5 Å². The average Bonchev–Trinajstić information content (AvgIpc) is 2.79. The molecular formula is C17H14N2O4. The zero-order valence-corrected chi connectivity index (χ0v) is 12.4. The molecule has 0 spiro atoms. The van der Waals surface area contributed by atoms with E-state index in [0.29, 0.717) is 27.7 Å². The van der Waals surface area contributed by atoms with Crippen molar-refractivity contribution in [3.63, 3.8) is 0 Å². The van der Waals surface area contributed by atoms with Gasteiger partial charge in [-0.2, -0.15) is 0 Å². The van der Waals surface area contributed by atoms with Crippen LogP contribution in [-0.4, -0.2) is 31.6 Å². The molecule has 2 heterocycles. The molecule has 116 valence electrons. The molecule has 0 fully saturated rings. The van der Waals surface area contributed by atoms with Crippen LogP contribution in [0.2, 0.25) is 0 Å². The van der Waals surface area contributed by atoms with E-state index in [9.17, 15) is 14.7 Å². The highest BCUT2D eigenvalue weighted by molar-refractivity contribution is 6.04. The number of phenols is 1. The summed E-state index contributed by atoms with van der Waals surface area (Å²) in [5, 5.41) is 19.4. The molecule has 0 saturated carbocycles. The standard InChI is InChI=1S/C17H14N2O4/c1-10-13(9-16(21)22)14-8-12(20)2-3-15(14)19(10)17(23)11-4-6-18-7-5-11/h2-8,20H,9H2,1H3,(H,21,22). The van der Waals surface area contributed by atoms with E-state index in [0.717, 1.165) is 0 Å². The van der Waals surface area contributed by atoms with Gasteiger partial charge in [0, 0.05) is 29.0 Å². The second-order valence-electron chi connectivity index (χ2n) is 5.21. The molecule has 2 N–H and O–H groups in total. The van der Waals surface area contributed by atoms with Crippen LogP contribution in [0.15, 0.2) is 42.7 Å². The van der Waals surface area contributed by atoms with Crippen LogP contribution in [0, 0.1) is 6.92 Å². The van der Waals surface area contributed by atoms with Crippen molar-refractivity contribution in [1.29, 1.82) is 0 Å². The molecule has 23 heavy (non-hydrogen) atoms. The van der Waals surface area contributed by atoms with Gasteiger partial charge >= 0.3 is 5.97 Å². The van der Waals surface area contributed by atoms with Crippen LogP contribution >= 0.6 is 0 Å². The summed E-state index contributed by atoms with van der Waals surface area (Å²) in [4.78, 5) is 27.8. The molecule has 6 nitrogen and oxygen atoms in total. The fraction of sp³-hybridized carbons (Fsp3) is 0.118. The third-order valence-electron chi connectivity index (χ3n) is 3.78. The van der Waals surface area contributed by atoms with E-state index in [1.807, 2.05) is 0 Å². The number of carboxylic acid groups (broad SMARTS) is 1. The summed E-state index contributed by atoms with van der Waals surface area (Å²) in [6.07, 6.45) is 2.83. The predicted molar refractivity (Wildman–Crippen MR) is 83.6 cm³/mol. The number of carboxylic acids is 1. The molecule has 6 heteroatoms. The Morgan fingerprint density at radius 2 is 1.87 bits per heavy atom. The van der Waals surface area contributed by atoms with Crippen molar-refractivity contribution in [1.82, 2.24) is 9.55 Å². The number of carbonyl (C=O) groups excluding carboxylic acids is 1. The molecular weight excluding hydrogens is 296 g/mol. The normalized spacial score (nSPS) is 10.8. The molecule has 0 amide bonds. The second-order valence-corrected chi connectivity index (χ2v) is 5.21. The number of carbonyl (C=O) groups is 2. The molecule has 0 aliphatic rings. The van der Waals surface area contributed by atoms with Crippen molar-refractivity contribution >= 4 is 22.8 Å². The van der Waals surface area contributed by atoms with Gasteiger partial charge in [0.05, 0.1) is 11.9 Å². The van der Waals surface area contributed by atoms with Gasteiger partial charge in [0.25, 0.3) is 5.91 Å². The number of fused-ring (bicyclic) bond motifs is 1. The van der Waals surface area contributed by atoms with Gasteiger partial charge in [-0.15, -0.1) is 0 Å². The van der Waals surface area contributed by atoms with Gasteiger partial charge in [-0.05, 0) is 42.8 Å². The van der Waals surface area contributed by atoms with Crippen LogP contribution in [0.25, 0.3) is 10.9 Å². The Balaban J connectivity index is 2.27. The first kappa shape index (κ1) is 14.8. The lowest BCUT2D eigenvalue weighted by atomic mass is 10.1. The van der Waals surface area contributed by atoms with Gasteiger partial charge in [-0.25, -0.2) is 0 Å². The second kappa shape index (κ2) is 5.57. The lowest BCUT2D eigenvalue weighted by molar-refractivity contribution is -0.136. The SMILES string of the molecule is Cc1c(CC(=O)O)c2cc(O)ccc2n1C(=O)c1ccncc1. The Morgan fingerprint density at radius 1 is 1.17 bits per heavy atom. The molecule has 0 unspecified atom stereocenters. The molecule has 0 atom stereocenters. The fourth-order valence-corrected chi connectivity index (χ4v) is 2.73. The Hall–Kier alpha value is -3.15. The van der Waals surface area contributed by atoms with Crippen molar-refractivity contribution in [2.24, 2.45) is 0 Å². The molecule has 0 aliphatic heterocycles. The quantitative estimate of drug-likeness (QED) is 0.774. The smallest absolute Gasteiger partial charge is 0.307 e. The van der Waals surface area contributed by atoms with Gasteiger partial charge < -0.3 is 10.2 Å². The molecule has 3 aromatic rings. The number of hydrogen-bond donors (Lipinski definition) is 2. The molecule has 0 aliphatic carbocycles. The maximum absolute atomic E-state index is 12.8. The number of pyridine rings is 1. The van der Waals surface area contributed by atoms with Gasteiger partial charge in [0.15, 0.2) is 0 Å². The average molecular weight is 310 g/mol. The largest absolute Gasteiger partial charge is 0.508 e. The first-order valence-corrected chi connectivity index (χ1v) is 6.98. The predicted octanol–water partition coefficient (Wildman–Crippen LogP) is 2.37. The minimum Gasteiger partial charge on any atom is -0.508 e. The molecule has 0 radical (unpaired) electrons. The number of aromatic hydroxyl groups is 1. The zero-order chi connectivity index (χ0) is 16.6. The van der Waals surface area contributed by atoms with E-state index in [1.54, 1.807) is 25.1 Å². The summed E-state index contributed by atoms with van der Waals surface area (Å²) >= 11 is 0. The van der Waals surface area contributed by atoms with Crippen LogP contribution in [0.4, 0.5) is 0 Å². The summed E-state index contributed by atoms with van der Waals surface area (Å²) in [7, 11) is 0. The lowest BCUT2D eigenvalue weighted by Crippen LogP contribution is -2.14. The molecule has 0 bridgehead atoms. The molecule has 2 aromatic heterocycles. The van der Waals surface area contributed by atoms with Crippen molar-refractivity contribution in [2.45, 2.75) is 13.3 Å². The Labute approximate surface area is 131 Å². The first-order valence-electron chi connectivity index (χ1n) is 6.98. The van der Waals surface area contributed by atoms with Crippen LogP contribution in [0.3, 0.4) is 0 Å². The van der Waals surface area contributed by atoms with Crippen molar-refractivity contribution in [2.75, 3.05) is 0 Å². The minimum absolute atomic E-state index is 0.0256. The molecule has 3 rings (SSSR count). The maximum atomic E-state index is 12.8. The Kier molecular flexibility index (Phi) is 3.57. The van der Waals surface area contributed by atoms with Gasteiger partial charge in [-0.1, -0.05) is 0 Å². The van der Waals surface area contributed by atoms with E-state index in [2.05, 4.69) is 4.98 Å². The van der Waals surface area contributed by atoms with Gasteiger partial charge in [0.1, 0.15) is 5.75 Å². The Morgan fingerprint density at radius 3 is 2.52 bits per heavy atom. The first-order chi connectivity index (χ1) is 11.0. The number of aliphatic carboxylic acids is 1. The number of nitrogens with zero attached hydrogens (tertiary/aromatic N) is 2. The number of aromatic nitrogens is 2. The van der Waals surface area contributed by atoms with Crippen LogP contribution in [0.1, 0.15) is 21.6 Å². The Bertz CT molecular complexity index is 913. The van der Waals surface area contributed by atoms with E-state index < -0.39 is 5.97 Å². The van der Waals surface area contributed by atoms with E-state index in [1.165, 1.54) is 29.1 Å². The van der Waals surface area contributed by atoms with Crippen LogP contribution in [0.5, 0.6) is 5.75 Å². The molecule has 0 saturated heterocycles. The fourth-order valence-electron chi connectivity index (χ4n) is 2.73. The highest BCUT2D eigenvalue weighted by Gasteiger charge is 2.21. The van der Waals surface area contributed by atoms with Crippen molar-refractivity contribution < 1.29 is 19.8 Å². The monoisotopic (exact) mass is 310 g/mol. The topological polar surface area (TPSA) is 92.4 Å². The van der Waals surface area contributed by atoms with Gasteiger partial charge in [-0.3, -0.25) is 19.1 Å². The highest BCUT2D eigenvalue weighted by Crippen LogP contribution is 2.30. The number of benzene rings is 1. The summed E-state index contributed by atoms with van der Waals surface area (Å²) < 4.78 is 1.47. The van der Waals surface area contributed by atoms with Crippen molar-refractivity contribution in [3.8, 4) is 5.75 Å². The number of hydrogen-bond acceptors (Lipinski definition) is 4. The molecule has 1 aromatic carbocycles. The summed E-state index contributed by atoms with van der Waals surface area (Å²) in [6, 6.07) is 7.78. The zero-order valence-electron chi connectivity index (χ0n) is 12.4. The summed E-state index contributed by atoms with van der Waals surface area (Å²) in [5.41, 5.74) is 2.09. The minimum atomic E-state index is -0.994. The van der Waals surface area contributed by atoms with Crippen LogP contribution < -0.4 is 0 Å². The van der Waals surface area contributed by atoms with E-state index in [4.69, 9.17) is 5.11 Å². The maximum Gasteiger partial charge on any atom is 0.307 e. The lowest BCUT2D eigenvalue weighted by Gasteiger charge is -2.07. The third-order valence-corrected chi connectivity index (χ3v) is 3.78. The van der Waals surface area contributed by atoms with Crippen LogP contribution in [-0.2, 0) is 11.2 Å². The van der Waals surface area contributed by atoms with E-state index in [-0.39, 0.29) is 18.1 Å². The summed E-state index contributed by atoms with van der Waals surface area (Å²) in [6.45, 7) is 1.70. The highest BCUT2D eigenvalue weighted by atomic mass is 16.4. The number of rotatable bonds is 3. The number of phenolic OH excluding ortho intramolecular Hbond substituents is 1. The summed E-state index contributed by atoms with van der Waals surface area (Å²) in [5.74, 6) is -1.23. The van der Waals surface area contributed by atoms with E-state index >= 15 is 0 Å².